The van der Waals surface area contributed by atoms with E-state index in [0.29, 0.717) is 6.42 Å². The van der Waals surface area contributed by atoms with Gasteiger partial charge in [0.25, 0.3) is 0 Å². The molecule has 4 nitrogen and oxygen atoms in total. The number of aliphatic imine (C=N–C) groups is 1. The van der Waals surface area contributed by atoms with E-state index >= 15 is 0 Å². The number of benzene rings is 7. The smallest absolute Gasteiger partial charge is 0.145 e. The van der Waals surface area contributed by atoms with Gasteiger partial charge in [0, 0.05) is 27.4 Å². The van der Waals surface area contributed by atoms with Crippen molar-refractivity contribution in [1.82, 2.24) is 10.3 Å². The molecular formula is C53H37N3O. The molecule has 0 amide bonds. The fraction of sp³-hybridized carbons (Fsp3) is 0.0566. The zero-order valence-electron chi connectivity index (χ0n) is 31.1. The number of hydrogen-bond donors (Lipinski definition) is 1. The quantitative estimate of drug-likeness (QED) is 0.173. The van der Waals surface area contributed by atoms with Crippen molar-refractivity contribution in [3.63, 3.8) is 0 Å². The van der Waals surface area contributed by atoms with Gasteiger partial charge in [0.05, 0.1) is 22.8 Å². The summed E-state index contributed by atoms with van der Waals surface area (Å²) in [5, 5.41) is 8.36. The minimum atomic E-state index is -0.259. The molecule has 0 saturated carbocycles. The molecule has 7 aromatic carbocycles. The molecule has 2 atom stereocenters. The summed E-state index contributed by atoms with van der Waals surface area (Å²) >= 11 is 0. The van der Waals surface area contributed by atoms with Crippen molar-refractivity contribution < 1.29 is 4.42 Å². The first-order valence-corrected chi connectivity index (χ1v) is 19.6. The number of fused-ring (bicyclic) bond motifs is 6. The van der Waals surface area contributed by atoms with E-state index < -0.39 is 0 Å². The molecule has 1 N–H and O–H groups in total. The van der Waals surface area contributed by atoms with Gasteiger partial charge in [-0.05, 0) is 81.1 Å². The monoisotopic (exact) mass is 731 g/mol. The third-order valence-corrected chi connectivity index (χ3v) is 11.5. The summed E-state index contributed by atoms with van der Waals surface area (Å²) in [6.07, 6.45) is 4.98. The van der Waals surface area contributed by atoms with Gasteiger partial charge < -0.3 is 9.73 Å². The summed E-state index contributed by atoms with van der Waals surface area (Å²) in [6, 6.07) is 64.1. The molecule has 2 unspecified atom stereocenters. The summed E-state index contributed by atoms with van der Waals surface area (Å²) < 4.78 is 6.99. The van der Waals surface area contributed by atoms with E-state index in [1.165, 1.54) is 16.5 Å². The van der Waals surface area contributed by atoms with Gasteiger partial charge in [0.1, 0.15) is 17.5 Å². The van der Waals surface area contributed by atoms with Gasteiger partial charge in [0.15, 0.2) is 0 Å². The molecule has 9 aromatic rings. The predicted octanol–water partition coefficient (Wildman–Crippen LogP) is 13.2. The van der Waals surface area contributed by atoms with Crippen LogP contribution >= 0.6 is 0 Å². The number of pyridine rings is 1. The van der Waals surface area contributed by atoms with Crippen molar-refractivity contribution in [2.75, 3.05) is 0 Å². The van der Waals surface area contributed by atoms with Gasteiger partial charge in [-0.25, -0.2) is 0 Å². The molecular weight excluding hydrogens is 695 g/mol. The molecule has 3 heterocycles. The van der Waals surface area contributed by atoms with Crippen molar-refractivity contribution in [3.05, 3.63) is 222 Å². The average Bonchev–Trinajstić information content (AvgIpc) is 3.67. The van der Waals surface area contributed by atoms with Crippen LogP contribution in [-0.2, 0) is 0 Å². The van der Waals surface area contributed by atoms with Crippen LogP contribution in [0.25, 0.3) is 66.7 Å². The van der Waals surface area contributed by atoms with Crippen LogP contribution in [0.5, 0.6) is 0 Å². The molecule has 0 saturated heterocycles. The van der Waals surface area contributed by atoms with Gasteiger partial charge in [-0.3, -0.25) is 9.98 Å². The van der Waals surface area contributed by atoms with Crippen LogP contribution in [0.1, 0.15) is 46.6 Å². The Hall–Kier alpha value is -7.30. The highest BCUT2D eigenvalue weighted by Crippen LogP contribution is 2.47. The number of para-hydroxylation sites is 1. The van der Waals surface area contributed by atoms with E-state index in [4.69, 9.17) is 14.4 Å². The number of nitrogens with one attached hydrogen (secondary N) is 1. The van der Waals surface area contributed by atoms with Crippen molar-refractivity contribution in [2.24, 2.45) is 4.99 Å². The zero-order valence-corrected chi connectivity index (χ0v) is 31.1. The highest BCUT2D eigenvalue weighted by atomic mass is 16.3. The lowest BCUT2D eigenvalue weighted by atomic mass is 9.81. The molecule has 270 valence electrons. The minimum absolute atomic E-state index is 0.142. The van der Waals surface area contributed by atoms with Crippen molar-refractivity contribution in [3.8, 4) is 22.3 Å². The van der Waals surface area contributed by atoms with E-state index in [1.54, 1.807) is 0 Å². The Morgan fingerprint density at radius 3 is 1.86 bits per heavy atom. The van der Waals surface area contributed by atoms with E-state index in [9.17, 15) is 0 Å². The minimum Gasteiger partial charge on any atom is -0.460 e. The van der Waals surface area contributed by atoms with Crippen LogP contribution in [0, 0.1) is 0 Å². The third-order valence-electron chi connectivity index (χ3n) is 11.5. The van der Waals surface area contributed by atoms with Gasteiger partial charge in [0.2, 0.25) is 0 Å². The molecule has 4 heteroatoms. The number of hydrogen-bond acceptors (Lipinski definition) is 4. The Bertz CT molecular complexity index is 3050. The molecule has 0 bridgehead atoms. The lowest BCUT2D eigenvalue weighted by Gasteiger charge is -2.28. The van der Waals surface area contributed by atoms with Crippen LogP contribution in [0.2, 0.25) is 0 Å². The highest BCUT2D eigenvalue weighted by Gasteiger charge is 2.33. The highest BCUT2D eigenvalue weighted by molar-refractivity contribution is 6.16. The number of aromatic nitrogens is 1. The first-order valence-electron chi connectivity index (χ1n) is 19.6. The molecule has 2 aliphatic rings. The number of furan rings is 1. The summed E-state index contributed by atoms with van der Waals surface area (Å²) in [5.41, 5.74) is 14.0. The van der Waals surface area contributed by atoms with Crippen molar-refractivity contribution >= 4 is 50.1 Å². The lowest BCUT2D eigenvalue weighted by Crippen LogP contribution is -2.26. The van der Waals surface area contributed by atoms with E-state index in [0.717, 1.165) is 83.5 Å². The third kappa shape index (κ3) is 5.94. The second kappa shape index (κ2) is 13.8. The Morgan fingerprint density at radius 1 is 0.509 bits per heavy atom. The fourth-order valence-electron chi connectivity index (χ4n) is 8.64. The van der Waals surface area contributed by atoms with Gasteiger partial charge in [-0.2, -0.15) is 0 Å². The summed E-state index contributed by atoms with van der Waals surface area (Å²) in [5.74, 6) is 0.804. The topological polar surface area (TPSA) is 50.4 Å². The molecule has 1 aliphatic heterocycles. The number of allylic oxidation sites excluding steroid dienone is 2. The molecule has 0 fully saturated rings. The molecule has 0 spiro atoms. The lowest BCUT2D eigenvalue weighted by molar-refractivity contribution is 0.512. The van der Waals surface area contributed by atoms with Crippen LogP contribution in [0.4, 0.5) is 0 Å². The first kappa shape index (κ1) is 33.1. The van der Waals surface area contributed by atoms with Crippen LogP contribution in [0.3, 0.4) is 0 Å². The summed E-state index contributed by atoms with van der Waals surface area (Å²) in [6.45, 7) is 0. The number of nitrogens with zero attached hydrogens (tertiary/aromatic N) is 2. The average molecular weight is 732 g/mol. The van der Waals surface area contributed by atoms with Crippen LogP contribution < -0.4 is 5.32 Å². The zero-order chi connectivity index (χ0) is 37.7. The Morgan fingerprint density at radius 2 is 1.11 bits per heavy atom. The van der Waals surface area contributed by atoms with E-state index in [1.807, 2.05) is 0 Å². The molecule has 0 radical (unpaired) electrons. The normalized spacial score (nSPS) is 16.5. The maximum absolute atomic E-state index is 6.99. The SMILES string of the molecule is C1=C(C2=NC(c3ccccc3)NC(c3ccc(-c4ccccc4)cc3)=C2)CC(c2nc3ccccc3c3ccccc23)c2oc3cc(-c4ccccc4)ccc3c21. The predicted molar refractivity (Wildman–Crippen MR) is 235 cm³/mol. The Labute approximate surface area is 331 Å². The van der Waals surface area contributed by atoms with Crippen LogP contribution in [0.15, 0.2) is 203 Å². The van der Waals surface area contributed by atoms with Crippen molar-refractivity contribution in [2.45, 2.75) is 18.5 Å². The Kier molecular flexibility index (Phi) is 7.99. The van der Waals surface area contributed by atoms with Gasteiger partial charge in [-0.15, -0.1) is 0 Å². The van der Waals surface area contributed by atoms with Crippen LogP contribution in [-0.4, -0.2) is 10.7 Å². The first-order chi connectivity index (χ1) is 28.2. The second-order valence-electron chi connectivity index (χ2n) is 14.9. The number of rotatable bonds is 6. The van der Waals surface area contributed by atoms with Gasteiger partial charge in [-0.1, -0.05) is 164 Å². The molecule has 11 rings (SSSR count). The van der Waals surface area contributed by atoms with E-state index in [2.05, 4.69) is 199 Å². The largest absolute Gasteiger partial charge is 0.460 e. The van der Waals surface area contributed by atoms with Gasteiger partial charge >= 0.3 is 0 Å². The standard InChI is InChI=1S/C53H37N3O/c1-4-14-34(15-5-1)36-24-26-37(27-25-36)48-33-49(56-53(55-48)38-18-8-3-9-19-38)40-30-45-43-29-28-39(35-16-6-2-7-17-35)32-50(43)57-52(45)46(31-40)51-44-22-11-10-20-41(44)42-21-12-13-23-47(42)54-51/h1-30,32-33,46,53,55H,31H2. The van der Waals surface area contributed by atoms with E-state index in [-0.39, 0.29) is 12.1 Å². The summed E-state index contributed by atoms with van der Waals surface area (Å²) in [7, 11) is 0. The maximum atomic E-state index is 6.99. The summed E-state index contributed by atoms with van der Waals surface area (Å²) in [4.78, 5) is 10.9. The fourth-order valence-corrected chi connectivity index (χ4v) is 8.64. The van der Waals surface area contributed by atoms with Crippen molar-refractivity contribution in [1.29, 1.82) is 0 Å². The Balaban J connectivity index is 1.09. The molecule has 1 aliphatic carbocycles. The maximum Gasteiger partial charge on any atom is 0.145 e. The second-order valence-corrected chi connectivity index (χ2v) is 14.9. The molecule has 2 aromatic heterocycles. The molecule has 57 heavy (non-hydrogen) atoms.